The third-order valence-electron chi connectivity index (χ3n) is 5.18. The van der Waals surface area contributed by atoms with Crippen LogP contribution in [0.5, 0.6) is 0 Å². The smallest absolute Gasteiger partial charge is 0.253 e. The molecule has 3 aromatic rings. The molecular weight excluding hydrogens is 370 g/mol. The van der Waals surface area contributed by atoms with Crippen LogP contribution in [0, 0.1) is 6.92 Å². The summed E-state index contributed by atoms with van der Waals surface area (Å²) in [5.74, 6) is 1.82. The highest BCUT2D eigenvalue weighted by Crippen LogP contribution is 2.22. The molecular formula is C20H25N7O2. The van der Waals surface area contributed by atoms with E-state index in [9.17, 15) is 9.90 Å². The van der Waals surface area contributed by atoms with Gasteiger partial charge in [-0.2, -0.15) is 0 Å². The SMILES string of the molecule is Cc1nnc(CCNC(=O)c2cccc3cnc(N[C@H]4CC[C@H](O)CC4)nc23)[nH]1. The number of para-hydroxylation sites is 1. The summed E-state index contributed by atoms with van der Waals surface area (Å²) in [6, 6.07) is 5.73. The molecule has 0 saturated heterocycles. The number of carbonyl (C=O) groups excluding carboxylic acids is 1. The number of rotatable bonds is 6. The van der Waals surface area contributed by atoms with Crippen LogP contribution in [0.25, 0.3) is 10.9 Å². The molecule has 1 aliphatic carbocycles. The predicted molar refractivity (Wildman–Crippen MR) is 109 cm³/mol. The first-order valence-electron chi connectivity index (χ1n) is 9.95. The number of H-pyrrole nitrogens is 1. The van der Waals surface area contributed by atoms with E-state index in [2.05, 4.69) is 35.8 Å². The second-order valence-electron chi connectivity index (χ2n) is 7.45. The van der Waals surface area contributed by atoms with Gasteiger partial charge in [0.1, 0.15) is 11.6 Å². The fourth-order valence-corrected chi connectivity index (χ4v) is 3.61. The highest BCUT2D eigenvalue weighted by Gasteiger charge is 2.20. The van der Waals surface area contributed by atoms with Crippen molar-refractivity contribution in [2.45, 2.75) is 51.2 Å². The van der Waals surface area contributed by atoms with E-state index in [0.717, 1.165) is 42.7 Å². The highest BCUT2D eigenvalue weighted by molar-refractivity contribution is 6.05. The number of nitrogens with zero attached hydrogens (tertiary/aromatic N) is 4. The van der Waals surface area contributed by atoms with Crippen LogP contribution in [0.15, 0.2) is 24.4 Å². The maximum Gasteiger partial charge on any atom is 0.253 e. The normalized spacial score (nSPS) is 19.2. The number of hydrogen-bond donors (Lipinski definition) is 4. The van der Waals surface area contributed by atoms with Crippen molar-refractivity contribution in [2.75, 3.05) is 11.9 Å². The molecule has 29 heavy (non-hydrogen) atoms. The maximum absolute atomic E-state index is 12.7. The molecule has 1 saturated carbocycles. The van der Waals surface area contributed by atoms with Gasteiger partial charge in [0.05, 0.1) is 17.2 Å². The molecule has 9 nitrogen and oxygen atoms in total. The zero-order chi connectivity index (χ0) is 20.2. The number of aromatic amines is 1. The molecule has 1 aliphatic rings. The van der Waals surface area contributed by atoms with Crippen LogP contribution in [0.1, 0.15) is 47.7 Å². The third-order valence-corrected chi connectivity index (χ3v) is 5.18. The van der Waals surface area contributed by atoms with Crippen molar-refractivity contribution in [1.29, 1.82) is 0 Å². The van der Waals surface area contributed by atoms with Gasteiger partial charge in [-0.25, -0.2) is 9.97 Å². The van der Waals surface area contributed by atoms with Crippen molar-refractivity contribution >= 4 is 22.8 Å². The lowest BCUT2D eigenvalue weighted by Crippen LogP contribution is -2.29. The summed E-state index contributed by atoms with van der Waals surface area (Å²) >= 11 is 0. The quantitative estimate of drug-likeness (QED) is 0.500. The number of benzene rings is 1. The van der Waals surface area contributed by atoms with Gasteiger partial charge in [0.25, 0.3) is 5.91 Å². The van der Waals surface area contributed by atoms with E-state index in [0.29, 0.717) is 30.0 Å². The minimum absolute atomic E-state index is 0.183. The first kappa shape index (κ1) is 19.3. The number of nitrogens with one attached hydrogen (secondary N) is 3. The van der Waals surface area contributed by atoms with Crippen molar-refractivity contribution < 1.29 is 9.90 Å². The number of hydrogen-bond acceptors (Lipinski definition) is 7. The van der Waals surface area contributed by atoms with Crippen molar-refractivity contribution in [3.05, 3.63) is 41.6 Å². The van der Waals surface area contributed by atoms with Crippen LogP contribution in [0.2, 0.25) is 0 Å². The number of anilines is 1. The van der Waals surface area contributed by atoms with Crippen LogP contribution in [0.3, 0.4) is 0 Å². The molecule has 2 heterocycles. The van der Waals surface area contributed by atoms with Crippen molar-refractivity contribution in [3.8, 4) is 0 Å². The van der Waals surface area contributed by atoms with Crippen molar-refractivity contribution in [2.24, 2.45) is 0 Å². The molecule has 4 rings (SSSR count). The number of fused-ring (bicyclic) bond motifs is 1. The zero-order valence-electron chi connectivity index (χ0n) is 16.4. The number of aryl methyl sites for hydroxylation is 1. The van der Waals surface area contributed by atoms with Crippen LogP contribution >= 0.6 is 0 Å². The summed E-state index contributed by atoms with van der Waals surface area (Å²) < 4.78 is 0. The molecule has 152 valence electrons. The van der Waals surface area contributed by atoms with Crippen LogP contribution < -0.4 is 10.6 Å². The average molecular weight is 395 g/mol. The molecule has 1 amide bonds. The molecule has 0 unspecified atom stereocenters. The van der Waals surface area contributed by atoms with Gasteiger partial charge in [-0.3, -0.25) is 4.79 Å². The minimum Gasteiger partial charge on any atom is -0.393 e. The molecule has 1 fully saturated rings. The van der Waals surface area contributed by atoms with Gasteiger partial charge in [-0.05, 0) is 38.7 Å². The lowest BCUT2D eigenvalue weighted by Gasteiger charge is -2.26. The summed E-state index contributed by atoms with van der Waals surface area (Å²) in [5, 5.41) is 24.7. The fourth-order valence-electron chi connectivity index (χ4n) is 3.61. The molecule has 4 N–H and O–H groups in total. The zero-order valence-corrected chi connectivity index (χ0v) is 16.4. The second-order valence-corrected chi connectivity index (χ2v) is 7.45. The Hall–Kier alpha value is -3.07. The van der Waals surface area contributed by atoms with E-state index in [-0.39, 0.29) is 18.1 Å². The van der Waals surface area contributed by atoms with Gasteiger partial charge >= 0.3 is 0 Å². The number of carbonyl (C=O) groups is 1. The van der Waals surface area contributed by atoms with Crippen LogP contribution in [0.4, 0.5) is 5.95 Å². The number of aliphatic hydroxyl groups excluding tert-OH is 1. The lowest BCUT2D eigenvalue weighted by atomic mass is 9.93. The van der Waals surface area contributed by atoms with Gasteiger partial charge in [-0.1, -0.05) is 12.1 Å². The Morgan fingerprint density at radius 1 is 1.24 bits per heavy atom. The van der Waals surface area contributed by atoms with Gasteiger partial charge in [0.15, 0.2) is 0 Å². The van der Waals surface area contributed by atoms with E-state index in [1.54, 1.807) is 12.3 Å². The van der Waals surface area contributed by atoms with E-state index in [4.69, 9.17) is 0 Å². The lowest BCUT2D eigenvalue weighted by molar-refractivity contribution is 0.0955. The monoisotopic (exact) mass is 395 g/mol. The summed E-state index contributed by atoms with van der Waals surface area (Å²) in [7, 11) is 0. The number of aromatic nitrogens is 5. The van der Waals surface area contributed by atoms with E-state index < -0.39 is 0 Å². The second kappa shape index (κ2) is 8.52. The summed E-state index contributed by atoms with van der Waals surface area (Å²) in [5.41, 5.74) is 1.13. The van der Waals surface area contributed by atoms with Gasteiger partial charge in [0, 0.05) is 30.6 Å². The minimum atomic E-state index is -0.207. The number of aliphatic hydroxyl groups is 1. The summed E-state index contributed by atoms with van der Waals surface area (Å²) in [6.07, 6.45) is 5.43. The van der Waals surface area contributed by atoms with Gasteiger partial charge in [-0.15, -0.1) is 10.2 Å². The first-order valence-corrected chi connectivity index (χ1v) is 9.95. The van der Waals surface area contributed by atoms with Crippen molar-refractivity contribution in [1.82, 2.24) is 30.5 Å². The van der Waals surface area contributed by atoms with E-state index >= 15 is 0 Å². The highest BCUT2D eigenvalue weighted by atomic mass is 16.3. The Balaban J connectivity index is 1.45. The molecule has 0 radical (unpaired) electrons. The fraction of sp³-hybridized carbons (Fsp3) is 0.450. The Labute approximate surface area is 168 Å². The largest absolute Gasteiger partial charge is 0.393 e. The standard InChI is InChI=1S/C20H25N7O2/c1-12-23-17(27-26-12)9-10-21-19(29)16-4-2-3-13-11-22-20(25-18(13)16)24-14-5-7-15(28)8-6-14/h2-4,11,14-15,28H,5-10H2,1H3,(H,21,29)(H,22,24,25)(H,23,26,27)/t14-,15-. The maximum atomic E-state index is 12.7. The Morgan fingerprint density at radius 3 is 2.83 bits per heavy atom. The van der Waals surface area contributed by atoms with Crippen LogP contribution in [-0.2, 0) is 6.42 Å². The first-order chi connectivity index (χ1) is 14.1. The van der Waals surface area contributed by atoms with E-state index in [1.165, 1.54) is 0 Å². The summed E-state index contributed by atoms with van der Waals surface area (Å²) in [6.45, 7) is 2.29. The molecule has 1 aromatic carbocycles. The van der Waals surface area contributed by atoms with Gasteiger partial charge in [0.2, 0.25) is 5.95 Å². The molecule has 2 aromatic heterocycles. The van der Waals surface area contributed by atoms with E-state index in [1.807, 2.05) is 19.1 Å². The molecule has 0 spiro atoms. The molecule has 0 bridgehead atoms. The number of amides is 1. The third kappa shape index (κ3) is 4.68. The topological polar surface area (TPSA) is 129 Å². The molecule has 0 atom stereocenters. The predicted octanol–water partition coefficient (Wildman–Crippen LogP) is 1.74. The molecule has 0 aliphatic heterocycles. The van der Waals surface area contributed by atoms with Crippen molar-refractivity contribution in [3.63, 3.8) is 0 Å². The Bertz CT molecular complexity index is 995. The Morgan fingerprint density at radius 2 is 2.07 bits per heavy atom. The molecule has 9 heteroatoms. The van der Waals surface area contributed by atoms with Crippen LogP contribution in [-0.4, -0.2) is 54.9 Å². The average Bonchev–Trinajstić information content (AvgIpc) is 3.14. The summed E-state index contributed by atoms with van der Waals surface area (Å²) in [4.78, 5) is 24.8. The Kier molecular flexibility index (Phi) is 5.66. The van der Waals surface area contributed by atoms with Gasteiger partial charge < -0.3 is 20.7 Å².